The minimum atomic E-state index is -2.95. The standard InChI is InChI=1S/C14H17ClF2N2O3/c1-21-8-14(4-5-18-7-14)12(20)19-9-2-3-11(10(15)6-9)22-13(16)17/h2-3,6,13,18H,4-5,7-8H2,1H3,(H,19,20). The Bertz CT molecular complexity index is 537. The lowest BCUT2D eigenvalue weighted by Crippen LogP contribution is -2.41. The van der Waals surface area contributed by atoms with Gasteiger partial charge in [-0.15, -0.1) is 0 Å². The van der Waals surface area contributed by atoms with Crippen molar-refractivity contribution >= 4 is 23.2 Å². The number of hydrogen-bond donors (Lipinski definition) is 2. The molecule has 0 aromatic heterocycles. The molecule has 1 heterocycles. The van der Waals surface area contributed by atoms with E-state index >= 15 is 0 Å². The Morgan fingerprint density at radius 3 is 2.86 bits per heavy atom. The van der Waals surface area contributed by atoms with Crippen LogP contribution in [0.1, 0.15) is 6.42 Å². The summed E-state index contributed by atoms with van der Waals surface area (Å²) < 4.78 is 33.8. The molecule has 1 saturated heterocycles. The highest BCUT2D eigenvalue weighted by molar-refractivity contribution is 6.32. The lowest BCUT2D eigenvalue weighted by Gasteiger charge is -2.26. The molecule has 122 valence electrons. The normalized spacial score (nSPS) is 21.1. The summed E-state index contributed by atoms with van der Waals surface area (Å²) in [4.78, 5) is 12.5. The van der Waals surface area contributed by atoms with Gasteiger partial charge in [0, 0.05) is 19.3 Å². The highest BCUT2D eigenvalue weighted by Gasteiger charge is 2.41. The number of benzene rings is 1. The monoisotopic (exact) mass is 334 g/mol. The first-order valence-corrected chi connectivity index (χ1v) is 7.10. The minimum Gasteiger partial charge on any atom is -0.433 e. The zero-order valence-corrected chi connectivity index (χ0v) is 12.8. The summed E-state index contributed by atoms with van der Waals surface area (Å²) in [6.07, 6.45) is 0.660. The third-order valence-corrected chi connectivity index (χ3v) is 3.85. The molecule has 1 aliphatic rings. The van der Waals surface area contributed by atoms with Crippen LogP contribution in [-0.4, -0.2) is 39.3 Å². The zero-order valence-electron chi connectivity index (χ0n) is 12.0. The summed E-state index contributed by atoms with van der Waals surface area (Å²) in [6.45, 7) is -1.40. The van der Waals surface area contributed by atoms with Gasteiger partial charge in [0.2, 0.25) is 5.91 Å². The second-order valence-electron chi connectivity index (χ2n) is 5.12. The number of rotatable bonds is 6. The topological polar surface area (TPSA) is 59.6 Å². The molecule has 1 atom stereocenters. The van der Waals surface area contributed by atoms with Crippen LogP contribution < -0.4 is 15.4 Å². The van der Waals surface area contributed by atoms with Gasteiger partial charge in [-0.25, -0.2) is 0 Å². The average molecular weight is 335 g/mol. The summed E-state index contributed by atoms with van der Waals surface area (Å²) in [5, 5.41) is 5.88. The molecule has 8 heteroatoms. The lowest BCUT2D eigenvalue weighted by molar-refractivity contribution is -0.127. The molecule has 5 nitrogen and oxygen atoms in total. The van der Waals surface area contributed by atoms with Gasteiger partial charge in [0.1, 0.15) is 5.75 Å². The van der Waals surface area contributed by atoms with Gasteiger partial charge in [-0.05, 0) is 31.2 Å². The molecule has 0 spiro atoms. The van der Waals surface area contributed by atoms with Gasteiger partial charge < -0.3 is 20.1 Å². The third kappa shape index (κ3) is 3.85. The molecule has 1 amide bonds. The van der Waals surface area contributed by atoms with Crippen molar-refractivity contribution in [3.63, 3.8) is 0 Å². The Labute approximate surface area is 131 Å². The maximum Gasteiger partial charge on any atom is 0.387 e. The Morgan fingerprint density at radius 1 is 1.55 bits per heavy atom. The Morgan fingerprint density at radius 2 is 2.32 bits per heavy atom. The predicted molar refractivity (Wildman–Crippen MR) is 78.5 cm³/mol. The van der Waals surface area contributed by atoms with Crippen molar-refractivity contribution in [1.29, 1.82) is 0 Å². The molecular formula is C14H17ClF2N2O3. The predicted octanol–water partition coefficient (Wildman–Crippen LogP) is 2.51. The van der Waals surface area contributed by atoms with Crippen LogP contribution in [0.15, 0.2) is 18.2 Å². The van der Waals surface area contributed by atoms with Gasteiger partial charge in [0.15, 0.2) is 0 Å². The van der Waals surface area contributed by atoms with Crippen molar-refractivity contribution in [3.8, 4) is 5.75 Å². The summed E-state index contributed by atoms with van der Waals surface area (Å²) >= 11 is 5.87. The van der Waals surface area contributed by atoms with E-state index in [1.54, 1.807) is 7.11 Å². The van der Waals surface area contributed by atoms with Crippen LogP contribution in [0, 0.1) is 5.41 Å². The molecule has 1 unspecified atom stereocenters. The van der Waals surface area contributed by atoms with E-state index in [0.717, 1.165) is 6.54 Å². The van der Waals surface area contributed by atoms with Gasteiger partial charge in [0.05, 0.1) is 17.0 Å². The lowest BCUT2D eigenvalue weighted by atomic mass is 9.87. The summed E-state index contributed by atoms with van der Waals surface area (Å²) in [6, 6.07) is 4.13. The largest absolute Gasteiger partial charge is 0.433 e. The van der Waals surface area contributed by atoms with Crippen LogP contribution >= 0.6 is 11.6 Å². The Kier molecular flexibility index (Phi) is 5.55. The smallest absolute Gasteiger partial charge is 0.387 e. The van der Waals surface area contributed by atoms with E-state index in [2.05, 4.69) is 15.4 Å². The second-order valence-corrected chi connectivity index (χ2v) is 5.53. The highest BCUT2D eigenvalue weighted by Crippen LogP contribution is 2.31. The van der Waals surface area contributed by atoms with Crippen molar-refractivity contribution in [2.45, 2.75) is 13.0 Å². The van der Waals surface area contributed by atoms with Gasteiger partial charge >= 0.3 is 6.61 Å². The number of amides is 1. The molecule has 1 aromatic rings. The van der Waals surface area contributed by atoms with E-state index in [9.17, 15) is 13.6 Å². The molecule has 22 heavy (non-hydrogen) atoms. The van der Waals surface area contributed by atoms with Crippen molar-refractivity contribution in [3.05, 3.63) is 23.2 Å². The third-order valence-electron chi connectivity index (χ3n) is 3.55. The maximum atomic E-state index is 12.5. The fourth-order valence-electron chi connectivity index (χ4n) is 2.44. The average Bonchev–Trinajstić information content (AvgIpc) is 2.92. The van der Waals surface area contributed by atoms with Crippen LogP contribution in [0.25, 0.3) is 0 Å². The Balaban J connectivity index is 2.09. The molecule has 2 N–H and O–H groups in total. The van der Waals surface area contributed by atoms with Gasteiger partial charge in [-0.3, -0.25) is 4.79 Å². The first-order valence-electron chi connectivity index (χ1n) is 6.72. The molecule has 1 aromatic carbocycles. The first-order chi connectivity index (χ1) is 10.5. The quantitative estimate of drug-likeness (QED) is 0.839. The number of carbonyl (C=O) groups excluding carboxylic acids is 1. The number of methoxy groups -OCH3 is 1. The van der Waals surface area contributed by atoms with Crippen molar-refractivity contribution in [1.82, 2.24) is 5.32 Å². The summed E-state index contributed by atoms with van der Waals surface area (Å²) in [5.41, 5.74) is -0.224. The maximum absolute atomic E-state index is 12.5. The van der Waals surface area contributed by atoms with E-state index in [4.69, 9.17) is 16.3 Å². The number of alkyl halides is 2. The number of ether oxygens (including phenoxy) is 2. The molecule has 2 rings (SSSR count). The van der Waals surface area contributed by atoms with E-state index in [0.29, 0.717) is 25.3 Å². The minimum absolute atomic E-state index is 0.00318. The second kappa shape index (κ2) is 7.21. The fraction of sp³-hybridized carbons (Fsp3) is 0.500. The van der Waals surface area contributed by atoms with Crippen molar-refractivity contribution < 1.29 is 23.0 Å². The van der Waals surface area contributed by atoms with Gasteiger partial charge in [-0.2, -0.15) is 8.78 Å². The van der Waals surface area contributed by atoms with Gasteiger partial charge in [-0.1, -0.05) is 11.6 Å². The molecule has 1 fully saturated rings. The molecular weight excluding hydrogens is 318 g/mol. The molecule has 0 aliphatic carbocycles. The molecule has 0 saturated carbocycles. The number of anilines is 1. The van der Waals surface area contributed by atoms with Gasteiger partial charge in [0.25, 0.3) is 0 Å². The SMILES string of the molecule is COCC1(C(=O)Nc2ccc(OC(F)F)c(Cl)c2)CCNC1. The molecule has 0 radical (unpaired) electrons. The first kappa shape index (κ1) is 16.9. The van der Waals surface area contributed by atoms with Crippen LogP contribution in [0.3, 0.4) is 0 Å². The fourth-order valence-corrected chi connectivity index (χ4v) is 2.66. The van der Waals surface area contributed by atoms with Crippen molar-refractivity contribution in [2.24, 2.45) is 5.41 Å². The van der Waals surface area contributed by atoms with Crippen LogP contribution in [-0.2, 0) is 9.53 Å². The molecule has 0 bridgehead atoms. The van der Waals surface area contributed by atoms with E-state index < -0.39 is 12.0 Å². The summed E-state index contributed by atoms with van der Waals surface area (Å²) in [5.74, 6) is -0.332. The number of nitrogens with one attached hydrogen (secondary N) is 2. The molecule has 1 aliphatic heterocycles. The number of hydrogen-bond acceptors (Lipinski definition) is 4. The van der Waals surface area contributed by atoms with E-state index in [-0.39, 0.29) is 16.7 Å². The van der Waals surface area contributed by atoms with Crippen LogP contribution in [0.2, 0.25) is 5.02 Å². The zero-order chi connectivity index (χ0) is 16.2. The Hall–Kier alpha value is -1.44. The van der Waals surface area contributed by atoms with Crippen LogP contribution in [0.4, 0.5) is 14.5 Å². The number of carbonyl (C=O) groups is 1. The summed E-state index contributed by atoms with van der Waals surface area (Å²) in [7, 11) is 1.54. The van der Waals surface area contributed by atoms with E-state index in [1.165, 1.54) is 18.2 Å². The van der Waals surface area contributed by atoms with Crippen LogP contribution in [0.5, 0.6) is 5.75 Å². The van der Waals surface area contributed by atoms with E-state index in [1.807, 2.05) is 0 Å². The number of halogens is 3. The van der Waals surface area contributed by atoms with Crippen molar-refractivity contribution in [2.75, 3.05) is 32.1 Å². The highest BCUT2D eigenvalue weighted by atomic mass is 35.5.